The van der Waals surface area contributed by atoms with E-state index in [4.69, 9.17) is 0 Å². The largest absolute Gasteiger partial charge is 0.481 e. The van der Waals surface area contributed by atoms with Gasteiger partial charge in [0.25, 0.3) is 0 Å². The summed E-state index contributed by atoms with van der Waals surface area (Å²) >= 11 is 0. The van der Waals surface area contributed by atoms with Crippen molar-refractivity contribution in [2.75, 3.05) is 13.1 Å². The molecule has 0 spiro atoms. The maximum Gasteiger partial charge on any atom is 0.407 e. The first-order valence-corrected chi connectivity index (χ1v) is 8.26. The van der Waals surface area contributed by atoms with Crippen LogP contribution >= 0.6 is 0 Å². The fraction of sp³-hybridized carbons (Fsp3) is 0.278. The second-order valence-corrected chi connectivity index (χ2v) is 6.75. The number of nitrogens with zero attached hydrogens (tertiary/aromatic N) is 3. The van der Waals surface area contributed by atoms with Crippen LogP contribution in [-0.4, -0.2) is 50.0 Å². The first-order chi connectivity index (χ1) is 12.8. The molecule has 1 atom stereocenters. The molecule has 7 nitrogen and oxygen atoms in total. The number of hydrogen-bond acceptors (Lipinski definition) is 3. The van der Waals surface area contributed by atoms with Crippen molar-refractivity contribution < 1.29 is 28.6 Å². The normalized spacial score (nSPS) is 21.3. The van der Waals surface area contributed by atoms with Gasteiger partial charge in [-0.15, -0.1) is 0 Å². The monoisotopic (exact) mass is 375 g/mol. The van der Waals surface area contributed by atoms with Crippen LogP contribution in [0, 0.1) is 17.0 Å². The molecule has 1 aliphatic heterocycles. The summed E-state index contributed by atoms with van der Waals surface area (Å²) in [6.07, 6.45) is 2.37. The van der Waals surface area contributed by atoms with Gasteiger partial charge in [0.2, 0.25) is 0 Å². The number of rotatable bonds is 2. The number of carboxylic acid groups (broad SMARTS) is 2. The molecule has 1 aromatic carbocycles. The van der Waals surface area contributed by atoms with Gasteiger partial charge in [-0.3, -0.25) is 4.79 Å². The van der Waals surface area contributed by atoms with Crippen molar-refractivity contribution in [3.63, 3.8) is 0 Å². The average molecular weight is 375 g/mol. The third-order valence-electron chi connectivity index (χ3n) is 5.24. The van der Waals surface area contributed by atoms with E-state index in [0.29, 0.717) is 22.5 Å². The van der Waals surface area contributed by atoms with Crippen molar-refractivity contribution in [2.24, 2.45) is 5.41 Å². The zero-order valence-corrected chi connectivity index (χ0v) is 14.0. The molecule has 9 heteroatoms. The minimum Gasteiger partial charge on any atom is -0.481 e. The highest BCUT2D eigenvalue weighted by atomic mass is 19.2. The molecule has 2 N–H and O–H groups in total. The molecule has 2 aromatic rings. The van der Waals surface area contributed by atoms with Gasteiger partial charge in [-0.2, -0.15) is 5.10 Å². The summed E-state index contributed by atoms with van der Waals surface area (Å²) in [5, 5.41) is 23.3. The van der Waals surface area contributed by atoms with Gasteiger partial charge in [0.05, 0.1) is 17.6 Å². The summed E-state index contributed by atoms with van der Waals surface area (Å²) < 4.78 is 28.2. The summed E-state index contributed by atoms with van der Waals surface area (Å²) in [5.74, 6) is -3.06. The lowest BCUT2D eigenvalue weighted by Crippen LogP contribution is -2.52. The molecule has 0 bridgehead atoms. The summed E-state index contributed by atoms with van der Waals surface area (Å²) in [6.45, 7) is 0.0597. The highest BCUT2D eigenvalue weighted by Gasteiger charge is 2.49. The molecule has 0 radical (unpaired) electrons. The summed E-state index contributed by atoms with van der Waals surface area (Å²) in [5.41, 5.74) is 0.780. The Morgan fingerprint density at radius 3 is 2.63 bits per heavy atom. The molecule has 27 heavy (non-hydrogen) atoms. The number of halogens is 2. The van der Waals surface area contributed by atoms with Crippen molar-refractivity contribution >= 4 is 18.1 Å². The van der Waals surface area contributed by atoms with Crippen LogP contribution in [0.25, 0.3) is 11.8 Å². The molecule has 4 rings (SSSR count). The van der Waals surface area contributed by atoms with E-state index in [1.165, 1.54) is 16.9 Å². The van der Waals surface area contributed by atoms with Gasteiger partial charge in [-0.25, -0.2) is 18.3 Å². The third-order valence-corrected chi connectivity index (χ3v) is 5.24. The number of piperidine rings is 1. The fourth-order valence-corrected chi connectivity index (χ4v) is 3.82. The van der Waals surface area contributed by atoms with Crippen LogP contribution in [0.4, 0.5) is 13.6 Å². The number of benzene rings is 1. The second kappa shape index (κ2) is 5.90. The second-order valence-electron chi connectivity index (χ2n) is 6.75. The summed E-state index contributed by atoms with van der Waals surface area (Å²) in [4.78, 5) is 24.5. The topological polar surface area (TPSA) is 95.7 Å². The zero-order valence-electron chi connectivity index (χ0n) is 14.0. The summed E-state index contributed by atoms with van der Waals surface area (Å²) in [7, 11) is 0. The molecule has 1 amide bonds. The maximum absolute atomic E-state index is 13.6. The molecule has 1 aromatic heterocycles. The van der Waals surface area contributed by atoms with Gasteiger partial charge in [0.15, 0.2) is 11.6 Å². The van der Waals surface area contributed by atoms with Crippen LogP contribution in [-0.2, 0) is 11.2 Å². The number of aliphatic carboxylic acids is 1. The van der Waals surface area contributed by atoms with Crippen LogP contribution in [0.2, 0.25) is 0 Å². The molecule has 1 fully saturated rings. The third kappa shape index (κ3) is 2.57. The highest BCUT2D eigenvalue weighted by Crippen LogP contribution is 2.44. The lowest BCUT2D eigenvalue weighted by atomic mass is 9.68. The van der Waals surface area contributed by atoms with E-state index in [1.807, 2.05) is 0 Å². The number of aromatic nitrogens is 2. The van der Waals surface area contributed by atoms with E-state index in [2.05, 4.69) is 5.10 Å². The number of amides is 1. The van der Waals surface area contributed by atoms with Crippen LogP contribution in [0.5, 0.6) is 0 Å². The van der Waals surface area contributed by atoms with E-state index in [-0.39, 0.29) is 25.9 Å². The minimum atomic E-state index is -1.34. The first kappa shape index (κ1) is 17.2. The number of carboxylic acids is 1. The van der Waals surface area contributed by atoms with Gasteiger partial charge < -0.3 is 15.1 Å². The highest BCUT2D eigenvalue weighted by molar-refractivity contribution is 5.85. The average Bonchev–Trinajstić information content (AvgIpc) is 3.03. The van der Waals surface area contributed by atoms with E-state index in [0.717, 1.165) is 17.0 Å². The first-order valence-electron chi connectivity index (χ1n) is 8.26. The Balaban J connectivity index is 1.80. The van der Waals surface area contributed by atoms with Gasteiger partial charge in [-0.1, -0.05) is 0 Å². The van der Waals surface area contributed by atoms with E-state index in [9.17, 15) is 28.6 Å². The fourth-order valence-electron chi connectivity index (χ4n) is 3.82. The predicted molar refractivity (Wildman–Crippen MR) is 89.4 cm³/mol. The number of likely N-dealkylation sites (tertiary alicyclic amines) is 1. The lowest BCUT2D eigenvalue weighted by Gasteiger charge is -2.42. The number of hydrogen-bond donors (Lipinski definition) is 2. The number of fused-ring (bicyclic) bond motifs is 2. The van der Waals surface area contributed by atoms with Crippen molar-refractivity contribution in [3.8, 4) is 5.69 Å². The zero-order chi connectivity index (χ0) is 19.3. The Bertz CT molecular complexity index is 1000. The van der Waals surface area contributed by atoms with Gasteiger partial charge >= 0.3 is 12.1 Å². The molecular formula is C18H15F2N3O4. The van der Waals surface area contributed by atoms with Crippen LogP contribution in [0.3, 0.4) is 0 Å². The van der Waals surface area contributed by atoms with Crippen LogP contribution in [0.15, 0.2) is 30.0 Å². The van der Waals surface area contributed by atoms with Crippen LogP contribution in [0.1, 0.15) is 17.7 Å². The van der Waals surface area contributed by atoms with Crippen molar-refractivity contribution in [2.45, 2.75) is 12.8 Å². The Kier molecular flexibility index (Phi) is 3.76. The van der Waals surface area contributed by atoms with Crippen molar-refractivity contribution in [1.29, 1.82) is 0 Å². The van der Waals surface area contributed by atoms with Gasteiger partial charge in [0, 0.05) is 19.2 Å². The molecule has 2 heterocycles. The smallest absolute Gasteiger partial charge is 0.407 e. The molecule has 0 saturated carbocycles. The molecule has 1 aliphatic carbocycles. The Morgan fingerprint density at radius 2 is 1.96 bits per heavy atom. The SMILES string of the molecule is O=C(O)N1CCC2=Cc3c(cnn3-c3ccc(F)c(F)c3)CC2(C(=O)O)C1. The minimum absolute atomic E-state index is 0.0803. The predicted octanol–water partition coefficient (Wildman–Crippen LogP) is 2.54. The van der Waals surface area contributed by atoms with E-state index in [1.54, 1.807) is 6.08 Å². The van der Waals surface area contributed by atoms with Crippen LogP contribution < -0.4 is 0 Å². The standard InChI is InChI=1S/C18H15F2N3O4/c19-13-2-1-12(6-14(13)20)23-15-5-11-3-4-22(17(26)27)9-18(11,16(24)25)7-10(15)8-21-23/h1-2,5-6,8H,3-4,7,9H2,(H,24,25)(H,26,27). The molecule has 1 unspecified atom stereocenters. The molecule has 140 valence electrons. The molecule has 2 aliphatic rings. The Hall–Kier alpha value is -3.23. The quantitative estimate of drug-likeness (QED) is 0.841. The van der Waals surface area contributed by atoms with Gasteiger partial charge in [0.1, 0.15) is 5.41 Å². The molecular weight excluding hydrogens is 360 g/mol. The Labute approximate surface area is 152 Å². The molecule has 1 saturated heterocycles. The van der Waals surface area contributed by atoms with Gasteiger partial charge in [-0.05, 0) is 42.2 Å². The summed E-state index contributed by atoms with van der Waals surface area (Å²) in [6, 6.07) is 3.41. The maximum atomic E-state index is 13.6. The Morgan fingerprint density at radius 1 is 1.19 bits per heavy atom. The van der Waals surface area contributed by atoms with Crippen molar-refractivity contribution in [3.05, 3.63) is 52.9 Å². The number of carbonyl (C=O) groups is 2. The van der Waals surface area contributed by atoms with E-state index >= 15 is 0 Å². The lowest BCUT2D eigenvalue weighted by molar-refractivity contribution is -0.148. The van der Waals surface area contributed by atoms with Crippen molar-refractivity contribution in [1.82, 2.24) is 14.7 Å². The van der Waals surface area contributed by atoms with E-state index < -0.39 is 29.1 Å².